The molecule has 0 aliphatic rings. The molecule has 1 aromatic rings. The lowest BCUT2D eigenvalue weighted by atomic mass is 10.0. The van der Waals surface area contributed by atoms with E-state index in [0.717, 1.165) is 16.7 Å². The summed E-state index contributed by atoms with van der Waals surface area (Å²) in [6.07, 6.45) is 0.364. The van der Waals surface area contributed by atoms with Gasteiger partial charge in [-0.05, 0) is 31.4 Å². The number of carboxylic acid groups (broad SMARTS) is 1. The zero-order valence-electron chi connectivity index (χ0n) is 9.93. The van der Waals surface area contributed by atoms with Crippen LogP contribution in [0.2, 0.25) is 0 Å². The largest absolute Gasteiger partial charge is 0.480 e. The molecule has 0 saturated carbocycles. The van der Waals surface area contributed by atoms with Crippen molar-refractivity contribution in [2.24, 2.45) is 0 Å². The lowest BCUT2D eigenvalue weighted by Crippen LogP contribution is -2.19. The quantitative estimate of drug-likeness (QED) is 0.863. The molecule has 1 rings (SSSR count). The topological polar surface area (TPSA) is 71.4 Å². The van der Waals surface area contributed by atoms with Crippen LogP contribution in [0, 0.1) is 13.8 Å². The molecule has 0 radical (unpaired) electrons. The van der Waals surface area contributed by atoms with Crippen LogP contribution < -0.4 is 0 Å². The van der Waals surface area contributed by atoms with Crippen molar-refractivity contribution in [1.82, 2.24) is 0 Å². The SMILES string of the molecule is Cc1ccc(C)c(CCS(=O)(=O)CC(=O)O)c1. The fourth-order valence-corrected chi connectivity index (χ4v) is 2.65. The Bertz CT molecular complexity index is 517. The summed E-state index contributed by atoms with van der Waals surface area (Å²) in [7, 11) is -3.51. The van der Waals surface area contributed by atoms with Crippen LogP contribution in [0.15, 0.2) is 18.2 Å². The van der Waals surface area contributed by atoms with E-state index in [1.807, 2.05) is 32.0 Å². The number of benzene rings is 1. The predicted octanol–water partition coefficient (Wildman–Crippen LogP) is 1.35. The van der Waals surface area contributed by atoms with Gasteiger partial charge in [-0.25, -0.2) is 8.42 Å². The van der Waals surface area contributed by atoms with E-state index >= 15 is 0 Å². The number of hydrogen-bond donors (Lipinski definition) is 1. The highest BCUT2D eigenvalue weighted by molar-refractivity contribution is 7.92. The van der Waals surface area contributed by atoms with Crippen LogP contribution >= 0.6 is 0 Å². The summed E-state index contributed by atoms with van der Waals surface area (Å²) in [6, 6.07) is 5.84. The molecule has 0 fully saturated rings. The molecule has 0 spiro atoms. The molecule has 0 heterocycles. The van der Waals surface area contributed by atoms with Gasteiger partial charge in [-0.1, -0.05) is 23.8 Å². The summed E-state index contributed by atoms with van der Waals surface area (Å²) in [5.41, 5.74) is 3.06. The van der Waals surface area contributed by atoms with E-state index in [-0.39, 0.29) is 5.75 Å². The summed E-state index contributed by atoms with van der Waals surface area (Å²) >= 11 is 0. The molecule has 0 aromatic heterocycles. The first-order chi connectivity index (χ1) is 7.80. The van der Waals surface area contributed by atoms with Crippen molar-refractivity contribution < 1.29 is 18.3 Å². The van der Waals surface area contributed by atoms with E-state index in [4.69, 9.17) is 5.11 Å². The molecule has 0 bridgehead atoms. The van der Waals surface area contributed by atoms with Gasteiger partial charge in [-0.3, -0.25) is 4.79 Å². The minimum atomic E-state index is -3.51. The second kappa shape index (κ2) is 5.31. The Labute approximate surface area is 101 Å². The van der Waals surface area contributed by atoms with Crippen LogP contribution in [0.25, 0.3) is 0 Å². The van der Waals surface area contributed by atoms with Crippen molar-refractivity contribution in [3.63, 3.8) is 0 Å². The maximum Gasteiger partial charge on any atom is 0.318 e. The number of hydrogen-bond acceptors (Lipinski definition) is 3. The van der Waals surface area contributed by atoms with Gasteiger partial charge >= 0.3 is 5.97 Å². The van der Waals surface area contributed by atoms with Crippen molar-refractivity contribution in [2.75, 3.05) is 11.5 Å². The van der Waals surface area contributed by atoms with E-state index in [2.05, 4.69) is 0 Å². The first-order valence-corrected chi connectivity index (χ1v) is 7.10. The van der Waals surface area contributed by atoms with Gasteiger partial charge in [0.05, 0.1) is 5.75 Å². The number of aryl methyl sites for hydroxylation is 3. The molecule has 0 amide bonds. The van der Waals surface area contributed by atoms with Crippen LogP contribution in [0.1, 0.15) is 16.7 Å². The van der Waals surface area contributed by atoms with E-state index in [1.54, 1.807) is 0 Å². The molecule has 0 unspecified atom stereocenters. The Morgan fingerprint density at radius 2 is 1.94 bits per heavy atom. The number of carbonyl (C=O) groups is 1. The standard InChI is InChI=1S/C12H16O4S/c1-9-3-4-10(2)11(7-9)5-6-17(15,16)8-12(13)14/h3-4,7H,5-6,8H2,1-2H3,(H,13,14). The second-order valence-corrected chi connectivity index (χ2v) is 6.35. The fraction of sp³-hybridized carbons (Fsp3) is 0.417. The Morgan fingerprint density at radius 3 is 2.53 bits per heavy atom. The zero-order chi connectivity index (χ0) is 13.1. The van der Waals surface area contributed by atoms with Crippen LogP contribution in [0.4, 0.5) is 0 Å². The van der Waals surface area contributed by atoms with Gasteiger partial charge in [0, 0.05) is 0 Å². The average molecular weight is 256 g/mol. The van der Waals surface area contributed by atoms with E-state index in [9.17, 15) is 13.2 Å². The first-order valence-electron chi connectivity index (χ1n) is 5.28. The number of rotatable bonds is 5. The Morgan fingerprint density at radius 1 is 1.29 bits per heavy atom. The maximum atomic E-state index is 11.4. The van der Waals surface area contributed by atoms with Crippen LogP contribution in [-0.4, -0.2) is 31.0 Å². The van der Waals surface area contributed by atoms with Gasteiger partial charge in [0.15, 0.2) is 9.84 Å². The summed E-state index contributed by atoms with van der Waals surface area (Å²) < 4.78 is 22.9. The number of sulfone groups is 1. The lowest BCUT2D eigenvalue weighted by molar-refractivity contribution is -0.134. The number of aliphatic carboxylic acids is 1. The summed E-state index contributed by atoms with van der Waals surface area (Å²) in [5.74, 6) is -2.22. The van der Waals surface area contributed by atoms with E-state index in [1.165, 1.54) is 0 Å². The molecule has 0 aliphatic carbocycles. The van der Waals surface area contributed by atoms with Crippen molar-refractivity contribution in [2.45, 2.75) is 20.3 Å². The van der Waals surface area contributed by atoms with Gasteiger partial charge in [-0.2, -0.15) is 0 Å². The van der Waals surface area contributed by atoms with Gasteiger partial charge in [0.1, 0.15) is 5.75 Å². The van der Waals surface area contributed by atoms with Gasteiger partial charge < -0.3 is 5.11 Å². The van der Waals surface area contributed by atoms with Crippen molar-refractivity contribution in [3.05, 3.63) is 34.9 Å². The normalized spacial score (nSPS) is 11.4. The molecular weight excluding hydrogens is 240 g/mol. The summed E-state index contributed by atoms with van der Waals surface area (Å²) in [5, 5.41) is 8.47. The molecule has 0 saturated heterocycles. The first kappa shape index (κ1) is 13.7. The molecule has 0 atom stereocenters. The molecule has 1 N–H and O–H groups in total. The van der Waals surface area contributed by atoms with Gasteiger partial charge in [0.2, 0.25) is 0 Å². The monoisotopic (exact) mass is 256 g/mol. The van der Waals surface area contributed by atoms with Crippen LogP contribution in [-0.2, 0) is 21.1 Å². The smallest absolute Gasteiger partial charge is 0.318 e. The average Bonchev–Trinajstić information content (AvgIpc) is 2.17. The summed E-state index contributed by atoms with van der Waals surface area (Å²) in [6.45, 7) is 3.85. The Kier molecular flexibility index (Phi) is 4.28. The Hall–Kier alpha value is -1.36. The minimum Gasteiger partial charge on any atom is -0.480 e. The van der Waals surface area contributed by atoms with E-state index in [0.29, 0.717) is 6.42 Å². The second-order valence-electron chi connectivity index (χ2n) is 4.17. The molecule has 17 heavy (non-hydrogen) atoms. The van der Waals surface area contributed by atoms with Crippen LogP contribution in [0.5, 0.6) is 0 Å². The third-order valence-electron chi connectivity index (χ3n) is 2.53. The van der Waals surface area contributed by atoms with Gasteiger partial charge in [-0.15, -0.1) is 0 Å². The minimum absolute atomic E-state index is 0.121. The molecule has 0 aliphatic heterocycles. The van der Waals surface area contributed by atoms with Crippen molar-refractivity contribution in [1.29, 1.82) is 0 Å². The highest BCUT2D eigenvalue weighted by Crippen LogP contribution is 2.12. The van der Waals surface area contributed by atoms with E-state index < -0.39 is 21.6 Å². The third kappa shape index (κ3) is 4.56. The molecule has 5 heteroatoms. The molecule has 1 aromatic carbocycles. The maximum absolute atomic E-state index is 11.4. The Balaban J connectivity index is 2.74. The summed E-state index contributed by atoms with van der Waals surface area (Å²) in [4.78, 5) is 10.4. The molecule has 4 nitrogen and oxygen atoms in total. The van der Waals surface area contributed by atoms with Crippen molar-refractivity contribution >= 4 is 15.8 Å². The highest BCUT2D eigenvalue weighted by Gasteiger charge is 2.16. The molecular formula is C12H16O4S. The van der Waals surface area contributed by atoms with Crippen molar-refractivity contribution in [3.8, 4) is 0 Å². The van der Waals surface area contributed by atoms with Gasteiger partial charge in [0.25, 0.3) is 0 Å². The lowest BCUT2D eigenvalue weighted by Gasteiger charge is -2.07. The highest BCUT2D eigenvalue weighted by atomic mass is 32.2. The van der Waals surface area contributed by atoms with Crippen LogP contribution in [0.3, 0.4) is 0 Å². The molecule has 94 valence electrons. The fourth-order valence-electron chi connectivity index (χ4n) is 1.60. The predicted molar refractivity (Wildman–Crippen MR) is 65.9 cm³/mol. The zero-order valence-corrected chi connectivity index (χ0v) is 10.8. The third-order valence-corrected chi connectivity index (χ3v) is 4.04. The number of carboxylic acids is 1.